The maximum Gasteiger partial charge on any atom is 0.262 e. The molecule has 0 aliphatic carbocycles. The molecule has 2 aromatic rings. The fraction of sp³-hybridized carbons (Fsp3) is 0.188. The van der Waals surface area contributed by atoms with Gasteiger partial charge in [-0.05, 0) is 24.3 Å². The SMILES string of the molecule is COc1ccc(NC(=O)COc2cccc(Cl)c2Cl)c(OC)c1. The third-order valence-corrected chi connectivity index (χ3v) is 3.76. The molecule has 0 aromatic heterocycles. The minimum atomic E-state index is -0.357. The minimum absolute atomic E-state index is 0.213. The van der Waals surface area contributed by atoms with E-state index >= 15 is 0 Å². The number of benzene rings is 2. The molecule has 0 saturated carbocycles. The van der Waals surface area contributed by atoms with Crippen molar-refractivity contribution < 1.29 is 19.0 Å². The lowest BCUT2D eigenvalue weighted by Crippen LogP contribution is -2.20. The number of rotatable bonds is 6. The molecule has 0 heterocycles. The predicted molar refractivity (Wildman–Crippen MR) is 90.1 cm³/mol. The highest BCUT2D eigenvalue weighted by atomic mass is 35.5. The molecule has 7 heteroatoms. The van der Waals surface area contributed by atoms with Gasteiger partial charge >= 0.3 is 0 Å². The summed E-state index contributed by atoms with van der Waals surface area (Å²) in [6, 6.07) is 10.0. The first kappa shape index (κ1) is 17.2. The summed E-state index contributed by atoms with van der Waals surface area (Å²) in [5, 5.41) is 3.33. The van der Waals surface area contributed by atoms with Gasteiger partial charge in [0.2, 0.25) is 0 Å². The number of ether oxygens (including phenoxy) is 3. The quantitative estimate of drug-likeness (QED) is 0.849. The summed E-state index contributed by atoms with van der Waals surface area (Å²) in [5.41, 5.74) is 0.513. The molecule has 0 fully saturated rings. The molecule has 0 atom stereocenters. The molecular formula is C16H15Cl2NO4. The number of hydrogen-bond donors (Lipinski definition) is 1. The van der Waals surface area contributed by atoms with Gasteiger partial charge in [-0.3, -0.25) is 4.79 Å². The Bertz CT molecular complexity index is 706. The van der Waals surface area contributed by atoms with Gasteiger partial charge in [-0.1, -0.05) is 29.3 Å². The van der Waals surface area contributed by atoms with Gasteiger partial charge in [-0.25, -0.2) is 0 Å². The van der Waals surface area contributed by atoms with E-state index in [9.17, 15) is 4.79 Å². The van der Waals surface area contributed by atoms with Crippen LogP contribution in [0.5, 0.6) is 17.2 Å². The van der Waals surface area contributed by atoms with Crippen LogP contribution < -0.4 is 19.5 Å². The Kier molecular flexibility index (Phi) is 5.96. The lowest BCUT2D eigenvalue weighted by Gasteiger charge is -2.12. The molecule has 1 N–H and O–H groups in total. The summed E-state index contributed by atoms with van der Waals surface area (Å²) in [7, 11) is 3.06. The third kappa shape index (κ3) is 4.43. The average molecular weight is 356 g/mol. The highest BCUT2D eigenvalue weighted by Crippen LogP contribution is 2.32. The van der Waals surface area contributed by atoms with Crippen molar-refractivity contribution in [3.8, 4) is 17.2 Å². The van der Waals surface area contributed by atoms with Crippen LogP contribution in [0.25, 0.3) is 0 Å². The van der Waals surface area contributed by atoms with E-state index in [2.05, 4.69) is 5.32 Å². The van der Waals surface area contributed by atoms with Crippen LogP contribution in [0.1, 0.15) is 0 Å². The lowest BCUT2D eigenvalue weighted by atomic mass is 10.2. The predicted octanol–water partition coefficient (Wildman–Crippen LogP) is 4.03. The van der Waals surface area contributed by atoms with E-state index in [1.165, 1.54) is 7.11 Å². The molecule has 5 nitrogen and oxygen atoms in total. The average Bonchev–Trinajstić information content (AvgIpc) is 2.56. The van der Waals surface area contributed by atoms with E-state index in [-0.39, 0.29) is 17.5 Å². The summed E-state index contributed by atoms with van der Waals surface area (Å²) < 4.78 is 15.7. The first-order chi connectivity index (χ1) is 11.0. The van der Waals surface area contributed by atoms with Gasteiger partial charge in [0.1, 0.15) is 22.3 Å². The Hall–Kier alpha value is -2.11. The second kappa shape index (κ2) is 7.94. The van der Waals surface area contributed by atoms with Gasteiger partial charge in [0.05, 0.1) is 24.9 Å². The number of anilines is 1. The van der Waals surface area contributed by atoms with E-state index < -0.39 is 0 Å². The van der Waals surface area contributed by atoms with Crippen LogP contribution in [0, 0.1) is 0 Å². The van der Waals surface area contributed by atoms with Crippen LogP contribution >= 0.6 is 23.2 Å². The Morgan fingerprint density at radius 1 is 1.09 bits per heavy atom. The molecule has 0 unspecified atom stereocenters. The van der Waals surface area contributed by atoms with Crippen molar-refractivity contribution in [1.82, 2.24) is 0 Å². The first-order valence-corrected chi connectivity index (χ1v) is 7.39. The van der Waals surface area contributed by atoms with E-state index in [4.69, 9.17) is 37.4 Å². The van der Waals surface area contributed by atoms with Gasteiger partial charge in [-0.2, -0.15) is 0 Å². The summed E-state index contributed by atoms with van der Waals surface area (Å²) in [6.07, 6.45) is 0. The third-order valence-electron chi connectivity index (χ3n) is 2.96. The van der Waals surface area contributed by atoms with Crippen LogP contribution in [0.15, 0.2) is 36.4 Å². The number of carbonyl (C=O) groups excluding carboxylic acids is 1. The molecule has 1 amide bonds. The van der Waals surface area contributed by atoms with Crippen LogP contribution in [0.2, 0.25) is 10.0 Å². The highest BCUT2D eigenvalue weighted by molar-refractivity contribution is 6.42. The molecule has 0 aliphatic rings. The second-order valence-corrected chi connectivity index (χ2v) is 5.24. The van der Waals surface area contributed by atoms with Gasteiger partial charge in [0.25, 0.3) is 5.91 Å². The van der Waals surface area contributed by atoms with E-state index in [0.717, 1.165) is 0 Å². The van der Waals surface area contributed by atoms with Gasteiger partial charge < -0.3 is 19.5 Å². The molecule has 2 rings (SSSR count). The Morgan fingerprint density at radius 2 is 1.87 bits per heavy atom. The first-order valence-electron chi connectivity index (χ1n) is 6.64. The Balaban J connectivity index is 2.01. The van der Waals surface area contributed by atoms with Crippen molar-refractivity contribution in [2.45, 2.75) is 0 Å². The van der Waals surface area contributed by atoms with Crippen LogP contribution in [-0.4, -0.2) is 26.7 Å². The van der Waals surface area contributed by atoms with Gasteiger partial charge in [0.15, 0.2) is 6.61 Å². The fourth-order valence-electron chi connectivity index (χ4n) is 1.83. The maximum absolute atomic E-state index is 12.0. The Morgan fingerprint density at radius 3 is 2.57 bits per heavy atom. The summed E-state index contributed by atoms with van der Waals surface area (Å²) in [6.45, 7) is -0.213. The smallest absolute Gasteiger partial charge is 0.262 e. The van der Waals surface area contributed by atoms with Crippen molar-refractivity contribution in [3.63, 3.8) is 0 Å². The standard InChI is InChI=1S/C16H15Cl2NO4/c1-21-10-6-7-12(14(8-10)22-2)19-15(20)9-23-13-5-3-4-11(17)16(13)18/h3-8H,9H2,1-2H3,(H,19,20). The Labute approximate surface area is 144 Å². The van der Waals surface area contributed by atoms with Crippen LogP contribution in [0.4, 0.5) is 5.69 Å². The van der Waals surface area contributed by atoms with E-state index in [1.54, 1.807) is 43.5 Å². The number of halogens is 2. The van der Waals surface area contributed by atoms with Crippen LogP contribution in [-0.2, 0) is 4.79 Å². The zero-order valence-corrected chi connectivity index (χ0v) is 14.1. The molecule has 0 radical (unpaired) electrons. The summed E-state index contributed by atoms with van der Waals surface area (Å²) >= 11 is 11.9. The van der Waals surface area contributed by atoms with Gasteiger partial charge in [0, 0.05) is 6.07 Å². The molecule has 0 spiro atoms. The van der Waals surface area contributed by atoms with E-state index in [0.29, 0.717) is 28.0 Å². The molecule has 2 aromatic carbocycles. The fourth-order valence-corrected chi connectivity index (χ4v) is 2.17. The van der Waals surface area contributed by atoms with Crippen molar-refractivity contribution in [2.24, 2.45) is 0 Å². The van der Waals surface area contributed by atoms with Crippen LogP contribution in [0.3, 0.4) is 0 Å². The van der Waals surface area contributed by atoms with Crippen molar-refractivity contribution in [1.29, 1.82) is 0 Å². The normalized spacial score (nSPS) is 10.1. The zero-order chi connectivity index (χ0) is 16.8. The second-order valence-electron chi connectivity index (χ2n) is 4.46. The molecule has 0 saturated heterocycles. The monoisotopic (exact) mass is 355 g/mol. The molecule has 122 valence electrons. The molecule has 0 aliphatic heterocycles. The largest absolute Gasteiger partial charge is 0.497 e. The lowest BCUT2D eigenvalue weighted by molar-refractivity contribution is -0.118. The van der Waals surface area contributed by atoms with E-state index in [1.807, 2.05) is 0 Å². The highest BCUT2D eigenvalue weighted by Gasteiger charge is 2.11. The van der Waals surface area contributed by atoms with Crippen molar-refractivity contribution >= 4 is 34.8 Å². The summed E-state index contributed by atoms with van der Waals surface area (Å²) in [5.74, 6) is 1.10. The summed E-state index contributed by atoms with van der Waals surface area (Å²) in [4.78, 5) is 12.0. The maximum atomic E-state index is 12.0. The topological polar surface area (TPSA) is 56.8 Å². The number of carbonyl (C=O) groups is 1. The van der Waals surface area contributed by atoms with Gasteiger partial charge in [-0.15, -0.1) is 0 Å². The molecule has 0 bridgehead atoms. The number of hydrogen-bond acceptors (Lipinski definition) is 4. The molecule has 23 heavy (non-hydrogen) atoms. The number of methoxy groups -OCH3 is 2. The van der Waals surface area contributed by atoms with Crippen molar-refractivity contribution in [2.75, 3.05) is 26.1 Å². The molecular weight excluding hydrogens is 341 g/mol. The minimum Gasteiger partial charge on any atom is -0.497 e. The zero-order valence-electron chi connectivity index (χ0n) is 12.6. The van der Waals surface area contributed by atoms with Crippen molar-refractivity contribution in [3.05, 3.63) is 46.4 Å². The number of amides is 1. The number of nitrogens with one attached hydrogen (secondary N) is 1.